The zero-order chi connectivity index (χ0) is 30.2. The van der Waals surface area contributed by atoms with E-state index in [1.165, 1.54) is 18.2 Å². The van der Waals surface area contributed by atoms with Crippen LogP contribution < -0.4 is 21.4 Å². The SMILES string of the molecule is CC(C)(C)C[C@H]1N[C@@H](C(=O)NCCCN2CCNOCC2)[C@H](c2cccc(Cl)c2F)[C@@]12C(=O)Nc1cc(Cl)c(F)cc12. The molecule has 4 N–H and O–H groups in total. The van der Waals surface area contributed by atoms with Crippen LogP contribution in [0.2, 0.25) is 10.0 Å². The summed E-state index contributed by atoms with van der Waals surface area (Å²) in [4.78, 5) is 35.6. The third-order valence-corrected chi connectivity index (χ3v) is 8.97. The highest BCUT2D eigenvalue weighted by atomic mass is 35.5. The summed E-state index contributed by atoms with van der Waals surface area (Å²) in [5, 5.41) is 9.00. The van der Waals surface area contributed by atoms with Crippen LogP contribution in [0, 0.1) is 17.0 Å². The van der Waals surface area contributed by atoms with Crippen LogP contribution in [0.3, 0.4) is 0 Å². The number of carbonyl (C=O) groups excluding carboxylic acids is 2. The molecule has 42 heavy (non-hydrogen) atoms. The second-order valence-corrected chi connectivity index (χ2v) is 13.3. The van der Waals surface area contributed by atoms with Crippen LogP contribution in [0.25, 0.3) is 0 Å². The number of anilines is 1. The van der Waals surface area contributed by atoms with E-state index in [1.807, 2.05) is 20.8 Å². The first-order valence-corrected chi connectivity index (χ1v) is 15.0. The highest BCUT2D eigenvalue weighted by Gasteiger charge is 2.66. The number of amides is 2. The average molecular weight is 625 g/mol. The molecule has 5 rings (SSSR count). The molecule has 0 aliphatic carbocycles. The average Bonchev–Trinajstić information content (AvgIpc) is 3.23. The van der Waals surface area contributed by atoms with E-state index in [9.17, 15) is 9.59 Å². The van der Waals surface area contributed by atoms with Gasteiger partial charge in [0.2, 0.25) is 11.8 Å². The van der Waals surface area contributed by atoms with Crippen molar-refractivity contribution in [3.63, 3.8) is 0 Å². The number of rotatable bonds is 7. The Balaban J connectivity index is 1.54. The predicted octanol–water partition coefficient (Wildman–Crippen LogP) is 4.37. The quantitative estimate of drug-likeness (QED) is 0.342. The normalized spacial score (nSPS) is 26.3. The zero-order valence-electron chi connectivity index (χ0n) is 24.0. The van der Waals surface area contributed by atoms with Crippen molar-refractivity contribution >= 4 is 40.7 Å². The molecule has 3 aliphatic rings. The Morgan fingerprint density at radius 2 is 1.98 bits per heavy atom. The maximum Gasteiger partial charge on any atom is 0.237 e. The van der Waals surface area contributed by atoms with E-state index < -0.39 is 41.0 Å². The Hall–Kier alpha value is -2.34. The molecule has 2 amide bonds. The molecule has 2 aromatic rings. The van der Waals surface area contributed by atoms with Crippen LogP contribution in [0.5, 0.6) is 0 Å². The van der Waals surface area contributed by atoms with Gasteiger partial charge in [-0.1, -0.05) is 56.1 Å². The number of carbonyl (C=O) groups is 2. The molecule has 0 saturated carbocycles. The fraction of sp³-hybridized carbons (Fsp3) is 0.533. The molecule has 2 saturated heterocycles. The van der Waals surface area contributed by atoms with Crippen LogP contribution in [0.4, 0.5) is 14.5 Å². The molecule has 8 nitrogen and oxygen atoms in total. The molecule has 0 aromatic heterocycles. The largest absolute Gasteiger partial charge is 0.355 e. The van der Waals surface area contributed by atoms with Gasteiger partial charge in [-0.25, -0.2) is 14.3 Å². The van der Waals surface area contributed by atoms with Crippen molar-refractivity contribution < 1.29 is 23.2 Å². The lowest BCUT2D eigenvalue weighted by molar-refractivity contribution is -0.123. The maximum absolute atomic E-state index is 15.8. The molecule has 4 atom stereocenters. The van der Waals surface area contributed by atoms with Crippen LogP contribution in [0.15, 0.2) is 30.3 Å². The topological polar surface area (TPSA) is 94.7 Å². The molecule has 2 aromatic carbocycles. The summed E-state index contributed by atoms with van der Waals surface area (Å²) in [5.74, 6) is -3.26. The van der Waals surface area contributed by atoms with Gasteiger partial charge in [-0.05, 0) is 54.1 Å². The minimum atomic E-state index is -1.51. The summed E-state index contributed by atoms with van der Waals surface area (Å²) in [6.45, 7) is 10.1. The van der Waals surface area contributed by atoms with E-state index in [0.717, 1.165) is 26.2 Å². The van der Waals surface area contributed by atoms with Crippen molar-refractivity contribution in [2.45, 2.75) is 57.0 Å². The first-order chi connectivity index (χ1) is 19.9. The van der Waals surface area contributed by atoms with Crippen molar-refractivity contribution in [3.05, 3.63) is 63.1 Å². The van der Waals surface area contributed by atoms with Gasteiger partial charge in [0.1, 0.15) is 17.0 Å². The molecule has 3 heterocycles. The van der Waals surface area contributed by atoms with E-state index in [-0.39, 0.29) is 26.9 Å². The lowest BCUT2D eigenvalue weighted by atomic mass is 9.62. The Kier molecular flexibility index (Phi) is 9.14. The molecule has 12 heteroatoms. The molecule has 228 valence electrons. The third kappa shape index (κ3) is 5.89. The number of nitrogens with one attached hydrogen (secondary N) is 4. The Bertz CT molecular complexity index is 1350. The number of benzene rings is 2. The van der Waals surface area contributed by atoms with E-state index in [0.29, 0.717) is 37.2 Å². The summed E-state index contributed by atoms with van der Waals surface area (Å²) < 4.78 is 30.9. The van der Waals surface area contributed by atoms with E-state index in [2.05, 4.69) is 26.3 Å². The van der Waals surface area contributed by atoms with Crippen LogP contribution in [-0.2, 0) is 19.8 Å². The van der Waals surface area contributed by atoms with Gasteiger partial charge in [0, 0.05) is 43.8 Å². The minimum Gasteiger partial charge on any atom is -0.355 e. The molecule has 3 aliphatic heterocycles. The number of halogens is 4. The first-order valence-electron chi connectivity index (χ1n) is 14.3. The van der Waals surface area contributed by atoms with Gasteiger partial charge in [0.15, 0.2) is 0 Å². The third-order valence-electron chi connectivity index (χ3n) is 8.39. The monoisotopic (exact) mass is 623 g/mol. The number of hydroxylamine groups is 1. The van der Waals surface area contributed by atoms with Crippen molar-refractivity contribution in [1.29, 1.82) is 0 Å². The van der Waals surface area contributed by atoms with Crippen molar-refractivity contribution in [3.8, 4) is 0 Å². The van der Waals surface area contributed by atoms with Gasteiger partial charge < -0.3 is 20.8 Å². The smallest absolute Gasteiger partial charge is 0.237 e. The van der Waals surface area contributed by atoms with Crippen molar-refractivity contribution in [2.75, 3.05) is 44.6 Å². The van der Waals surface area contributed by atoms with Crippen LogP contribution in [-0.4, -0.2) is 68.1 Å². The lowest BCUT2D eigenvalue weighted by Crippen LogP contribution is -2.49. The number of nitrogens with zero attached hydrogens (tertiary/aromatic N) is 1. The second-order valence-electron chi connectivity index (χ2n) is 12.4. The summed E-state index contributed by atoms with van der Waals surface area (Å²) in [6, 6.07) is 5.53. The van der Waals surface area contributed by atoms with Gasteiger partial charge in [0.05, 0.1) is 22.7 Å². The lowest BCUT2D eigenvalue weighted by Gasteiger charge is -2.37. The number of fused-ring (bicyclic) bond motifs is 2. The van der Waals surface area contributed by atoms with Gasteiger partial charge in [-0.15, -0.1) is 0 Å². The number of hydrogen-bond acceptors (Lipinski definition) is 6. The molecule has 1 spiro atoms. The number of hydrogen-bond donors (Lipinski definition) is 4. The molecule has 2 fully saturated rings. The standard InChI is InChI=1S/C30H37Cl2F2N5O3/c1-29(2,3)16-23-30(18-14-21(33)20(32)15-22(18)37-28(30)41)24(17-6-4-7-19(31)25(17)34)26(38-23)27(40)35-8-5-10-39-11-9-36-42-13-12-39/h4,6-7,14-15,23-24,26,36,38H,5,8-13,16H2,1-3H3,(H,35,40)(H,37,41)/t23-,24+,26-,30+/m1/s1. The van der Waals surface area contributed by atoms with Gasteiger partial charge >= 0.3 is 0 Å². The summed E-state index contributed by atoms with van der Waals surface area (Å²) in [7, 11) is 0. The highest BCUT2D eigenvalue weighted by molar-refractivity contribution is 6.31. The molecule has 0 radical (unpaired) electrons. The maximum atomic E-state index is 15.8. The molecular weight excluding hydrogens is 587 g/mol. The summed E-state index contributed by atoms with van der Waals surface area (Å²) >= 11 is 12.3. The van der Waals surface area contributed by atoms with E-state index in [1.54, 1.807) is 12.1 Å². The second kappa shape index (κ2) is 12.3. The van der Waals surface area contributed by atoms with Crippen LogP contribution >= 0.6 is 23.2 Å². The Morgan fingerprint density at radius 3 is 2.74 bits per heavy atom. The Morgan fingerprint density at radius 1 is 1.19 bits per heavy atom. The fourth-order valence-corrected chi connectivity index (χ4v) is 6.99. The molecule has 0 unspecified atom stereocenters. The fourth-order valence-electron chi connectivity index (χ4n) is 6.65. The van der Waals surface area contributed by atoms with E-state index in [4.69, 9.17) is 28.0 Å². The predicted molar refractivity (Wildman–Crippen MR) is 159 cm³/mol. The van der Waals surface area contributed by atoms with Gasteiger partial charge in [-0.2, -0.15) is 0 Å². The molecular formula is C30H37Cl2F2N5O3. The minimum absolute atomic E-state index is 0.113. The van der Waals surface area contributed by atoms with Crippen molar-refractivity contribution in [1.82, 2.24) is 21.0 Å². The van der Waals surface area contributed by atoms with Gasteiger partial charge in [-0.3, -0.25) is 14.5 Å². The van der Waals surface area contributed by atoms with E-state index >= 15 is 8.78 Å². The first kappa shape index (κ1) is 31.1. The zero-order valence-corrected chi connectivity index (χ0v) is 25.5. The molecule has 0 bridgehead atoms. The van der Waals surface area contributed by atoms with Crippen LogP contribution in [0.1, 0.15) is 50.7 Å². The van der Waals surface area contributed by atoms with Crippen molar-refractivity contribution in [2.24, 2.45) is 5.41 Å². The van der Waals surface area contributed by atoms with Gasteiger partial charge in [0.25, 0.3) is 0 Å². The Labute approximate surface area is 254 Å². The summed E-state index contributed by atoms with van der Waals surface area (Å²) in [5.41, 5.74) is 1.88. The highest BCUT2D eigenvalue weighted by Crippen LogP contribution is 2.57. The summed E-state index contributed by atoms with van der Waals surface area (Å²) in [6.07, 6.45) is 1.13.